The number of anilines is 1. The molecule has 1 N–H and O–H groups in total. The topological polar surface area (TPSA) is 30.5 Å². The molecule has 0 saturated carbocycles. The van der Waals surface area contributed by atoms with E-state index in [-0.39, 0.29) is 6.04 Å². The van der Waals surface area contributed by atoms with E-state index in [2.05, 4.69) is 28.2 Å². The lowest BCUT2D eigenvalue weighted by atomic mass is 10.1. The SMILES string of the molecule is CC(Nc1ccc(Cl)c(Br)c1)c1ccc2c(c1)OCO2. The monoisotopic (exact) mass is 353 g/mol. The summed E-state index contributed by atoms with van der Waals surface area (Å²) in [5.41, 5.74) is 2.15. The van der Waals surface area contributed by atoms with Crippen LogP contribution in [-0.4, -0.2) is 6.79 Å². The molecule has 0 spiro atoms. The van der Waals surface area contributed by atoms with Crippen molar-refractivity contribution in [1.29, 1.82) is 0 Å². The highest BCUT2D eigenvalue weighted by molar-refractivity contribution is 9.10. The van der Waals surface area contributed by atoms with Crippen LogP contribution in [-0.2, 0) is 0 Å². The first-order chi connectivity index (χ1) is 9.63. The fourth-order valence-electron chi connectivity index (χ4n) is 2.10. The highest BCUT2D eigenvalue weighted by Crippen LogP contribution is 2.35. The van der Waals surface area contributed by atoms with Crippen LogP contribution in [0.5, 0.6) is 11.5 Å². The summed E-state index contributed by atoms with van der Waals surface area (Å²) in [4.78, 5) is 0. The molecule has 0 aromatic heterocycles. The Morgan fingerprint density at radius 1 is 1.15 bits per heavy atom. The standard InChI is InChI=1S/C15H13BrClNO2/c1-9(18-11-3-4-13(17)12(16)7-11)10-2-5-14-15(6-10)20-8-19-14/h2-7,9,18H,8H2,1H3. The molecule has 3 rings (SSSR count). The summed E-state index contributed by atoms with van der Waals surface area (Å²) in [5, 5.41) is 4.13. The molecule has 1 atom stereocenters. The largest absolute Gasteiger partial charge is 0.454 e. The lowest BCUT2D eigenvalue weighted by Gasteiger charge is -2.16. The number of ether oxygens (including phenoxy) is 2. The van der Waals surface area contributed by atoms with E-state index in [1.807, 2.05) is 36.4 Å². The molecule has 1 aliphatic heterocycles. The van der Waals surface area contributed by atoms with E-state index in [0.29, 0.717) is 11.8 Å². The van der Waals surface area contributed by atoms with Crippen molar-refractivity contribution in [1.82, 2.24) is 0 Å². The first-order valence-corrected chi connectivity index (χ1v) is 7.42. The van der Waals surface area contributed by atoms with Gasteiger partial charge in [-0.25, -0.2) is 0 Å². The minimum Gasteiger partial charge on any atom is -0.454 e. The van der Waals surface area contributed by atoms with E-state index in [0.717, 1.165) is 27.2 Å². The Hall–Kier alpha value is -1.39. The lowest BCUT2D eigenvalue weighted by Crippen LogP contribution is -2.06. The van der Waals surface area contributed by atoms with Gasteiger partial charge in [0.1, 0.15) is 0 Å². The summed E-state index contributed by atoms with van der Waals surface area (Å²) in [5.74, 6) is 1.60. The number of hydrogen-bond acceptors (Lipinski definition) is 3. The predicted molar refractivity (Wildman–Crippen MR) is 83.8 cm³/mol. The zero-order chi connectivity index (χ0) is 14.1. The van der Waals surface area contributed by atoms with Crippen molar-refractivity contribution in [3.8, 4) is 11.5 Å². The van der Waals surface area contributed by atoms with Crippen molar-refractivity contribution in [2.24, 2.45) is 0 Å². The molecular formula is C15H13BrClNO2. The number of rotatable bonds is 3. The number of benzene rings is 2. The quantitative estimate of drug-likeness (QED) is 0.841. The number of fused-ring (bicyclic) bond motifs is 1. The fraction of sp³-hybridized carbons (Fsp3) is 0.200. The van der Waals surface area contributed by atoms with Crippen molar-refractivity contribution in [2.45, 2.75) is 13.0 Å². The van der Waals surface area contributed by atoms with E-state index in [1.54, 1.807) is 0 Å². The highest BCUT2D eigenvalue weighted by atomic mass is 79.9. The molecule has 0 fully saturated rings. The third-order valence-corrected chi connectivity index (χ3v) is 4.41. The molecule has 0 aliphatic carbocycles. The fourth-order valence-corrected chi connectivity index (χ4v) is 2.60. The van der Waals surface area contributed by atoms with Gasteiger partial charge in [0.2, 0.25) is 6.79 Å². The Morgan fingerprint density at radius 3 is 2.75 bits per heavy atom. The van der Waals surface area contributed by atoms with E-state index in [9.17, 15) is 0 Å². The Bertz CT molecular complexity index is 648. The van der Waals surface area contributed by atoms with Gasteiger partial charge < -0.3 is 14.8 Å². The second kappa shape index (κ2) is 5.54. The van der Waals surface area contributed by atoms with Crippen molar-refractivity contribution in [2.75, 3.05) is 12.1 Å². The molecule has 3 nitrogen and oxygen atoms in total. The van der Waals surface area contributed by atoms with Crippen molar-refractivity contribution < 1.29 is 9.47 Å². The van der Waals surface area contributed by atoms with Gasteiger partial charge in [-0.2, -0.15) is 0 Å². The molecule has 2 aromatic carbocycles. The van der Waals surface area contributed by atoms with E-state index < -0.39 is 0 Å². The average Bonchev–Trinajstić information content (AvgIpc) is 2.90. The second-order valence-electron chi connectivity index (χ2n) is 4.61. The summed E-state index contributed by atoms with van der Waals surface area (Å²) in [6.45, 7) is 2.39. The molecule has 0 radical (unpaired) electrons. The van der Waals surface area contributed by atoms with Gasteiger partial charge in [-0.3, -0.25) is 0 Å². The third-order valence-electron chi connectivity index (χ3n) is 3.20. The summed E-state index contributed by atoms with van der Waals surface area (Å²) < 4.78 is 11.6. The van der Waals surface area contributed by atoms with Crippen LogP contribution in [0.4, 0.5) is 5.69 Å². The molecule has 20 heavy (non-hydrogen) atoms. The maximum atomic E-state index is 5.99. The number of halogens is 2. The van der Waals surface area contributed by atoms with Crippen LogP contribution in [0.15, 0.2) is 40.9 Å². The van der Waals surface area contributed by atoms with Gasteiger partial charge in [-0.15, -0.1) is 0 Å². The zero-order valence-electron chi connectivity index (χ0n) is 10.8. The summed E-state index contributed by atoms with van der Waals surface area (Å²) in [6, 6.07) is 11.9. The van der Waals surface area contributed by atoms with Gasteiger partial charge in [-0.1, -0.05) is 17.7 Å². The normalized spacial score (nSPS) is 14.2. The Morgan fingerprint density at radius 2 is 1.95 bits per heavy atom. The molecule has 0 saturated heterocycles. The van der Waals surface area contributed by atoms with E-state index >= 15 is 0 Å². The zero-order valence-corrected chi connectivity index (χ0v) is 13.2. The van der Waals surface area contributed by atoms with Gasteiger partial charge in [-0.05, 0) is 58.7 Å². The van der Waals surface area contributed by atoms with Gasteiger partial charge in [0, 0.05) is 16.2 Å². The van der Waals surface area contributed by atoms with Gasteiger partial charge >= 0.3 is 0 Å². The Kier molecular flexibility index (Phi) is 3.76. The van der Waals surface area contributed by atoms with Crippen LogP contribution in [0.2, 0.25) is 5.02 Å². The molecule has 0 bridgehead atoms. The first kappa shape index (κ1) is 13.6. The number of hydrogen-bond donors (Lipinski definition) is 1. The average molecular weight is 355 g/mol. The molecule has 1 unspecified atom stereocenters. The molecular weight excluding hydrogens is 342 g/mol. The van der Waals surface area contributed by atoms with Gasteiger partial charge in [0.05, 0.1) is 5.02 Å². The summed E-state index contributed by atoms with van der Waals surface area (Å²) in [7, 11) is 0. The molecule has 104 valence electrons. The summed E-state index contributed by atoms with van der Waals surface area (Å²) >= 11 is 9.42. The Labute approximate surface area is 131 Å². The van der Waals surface area contributed by atoms with E-state index in [1.165, 1.54) is 0 Å². The molecule has 2 aromatic rings. The van der Waals surface area contributed by atoms with Crippen LogP contribution >= 0.6 is 27.5 Å². The highest BCUT2D eigenvalue weighted by Gasteiger charge is 2.15. The van der Waals surface area contributed by atoms with Crippen LogP contribution in [0, 0.1) is 0 Å². The van der Waals surface area contributed by atoms with Crippen molar-refractivity contribution in [3.63, 3.8) is 0 Å². The van der Waals surface area contributed by atoms with Crippen molar-refractivity contribution in [3.05, 3.63) is 51.5 Å². The minimum absolute atomic E-state index is 0.151. The third kappa shape index (κ3) is 2.72. The van der Waals surface area contributed by atoms with Crippen LogP contribution in [0.3, 0.4) is 0 Å². The van der Waals surface area contributed by atoms with Crippen LogP contribution in [0.25, 0.3) is 0 Å². The Balaban J connectivity index is 1.78. The lowest BCUT2D eigenvalue weighted by molar-refractivity contribution is 0.174. The van der Waals surface area contributed by atoms with Gasteiger partial charge in [0.25, 0.3) is 0 Å². The smallest absolute Gasteiger partial charge is 0.231 e. The van der Waals surface area contributed by atoms with E-state index in [4.69, 9.17) is 21.1 Å². The maximum absolute atomic E-state index is 5.99. The second-order valence-corrected chi connectivity index (χ2v) is 5.87. The molecule has 1 aliphatic rings. The first-order valence-electron chi connectivity index (χ1n) is 6.24. The molecule has 0 amide bonds. The number of nitrogens with one attached hydrogen (secondary N) is 1. The predicted octanol–water partition coefficient (Wildman–Crippen LogP) is 5.00. The van der Waals surface area contributed by atoms with Crippen molar-refractivity contribution >= 4 is 33.2 Å². The van der Waals surface area contributed by atoms with Crippen LogP contribution < -0.4 is 14.8 Å². The maximum Gasteiger partial charge on any atom is 0.231 e. The molecule has 5 heteroatoms. The van der Waals surface area contributed by atoms with Gasteiger partial charge in [0.15, 0.2) is 11.5 Å². The summed E-state index contributed by atoms with van der Waals surface area (Å²) in [6.07, 6.45) is 0. The molecule has 1 heterocycles. The van der Waals surface area contributed by atoms with Crippen LogP contribution in [0.1, 0.15) is 18.5 Å². The minimum atomic E-state index is 0.151.